The molecule has 1 aromatic carbocycles. The van der Waals surface area contributed by atoms with Crippen LogP contribution in [0.15, 0.2) is 18.2 Å². The number of nitrogens with two attached hydrogens (primary N) is 1. The molecule has 4 nitrogen and oxygen atoms in total. The molecule has 0 fully saturated rings. The molecule has 19 heavy (non-hydrogen) atoms. The molecule has 0 aromatic heterocycles. The van der Waals surface area contributed by atoms with E-state index in [-0.39, 0.29) is 0 Å². The fraction of sp³-hybridized carbons (Fsp3) is 0.417. The van der Waals surface area contributed by atoms with E-state index < -0.39 is 9.70 Å². The molecule has 106 valence electrons. The normalized spacial score (nSPS) is 11.2. The molecule has 0 unspecified atom stereocenters. The van der Waals surface area contributed by atoms with E-state index in [4.69, 9.17) is 40.5 Å². The Balaban J connectivity index is 3.11. The van der Waals surface area contributed by atoms with Gasteiger partial charge in [0, 0.05) is 18.8 Å². The Morgan fingerprint density at radius 1 is 1.32 bits per heavy atom. The number of alkyl halides is 3. The highest BCUT2D eigenvalue weighted by molar-refractivity contribution is 6.76. The highest BCUT2D eigenvalue weighted by atomic mass is 35.6. The minimum Gasteiger partial charge on any atom is -0.399 e. The number of anilines is 3. The maximum absolute atomic E-state index is 11.7. The van der Waals surface area contributed by atoms with Crippen LogP contribution in [0.3, 0.4) is 0 Å². The van der Waals surface area contributed by atoms with E-state index in [1.807, 2.05) is 19.9 Å². The lowest BCUT2D eigenvalue weighted by Crippen LogP contribution is -2.29. The van der Waals surface area contributed by atoms with Gasteiger partial charge in [0.2, 0.25) is 0 Å². The van der Waals surface area contributed by atoms with Crippen molar-refractivity contribution in [1.29, 1.82) is 0 Å². The van der Waals surface area contributed by atoms with Gasteiger partial charge < -0.3 is 16.0 Å². The highest BCUT2D eigenvalue weighted by Gasteiger charge is 2.31. The Kier molecular flexibility index (Phi) is 5.59. The maximum atomic E-state index is 11.7. The van der Waals surface area contributed by atoms with Crippen molar-refractivity contribution in [2.45, 2.75) is 17.6 Å². The van der Waals surface area contributed by atoms with Crippen molar-refractivity contribution in [2.24, 2.45) is 0 Å². The molecule has 1 rings (SSSR count). The molecule has 0 aliphatic rings. The van der Waals surface area contributed by atoms with Gasteiger partial charge in [-0.1, -0.05) is 34.8 Å². The number of halogens is 3. The summed E-state index contributed by atoms with van der Waals surface area (Å²) in [6.45, 7) is 5.61. The number of nitrogens with one attached hydrogen (secondary N) is 1. The molecule has 1 aromatic rings. The molecule has 1 amide bonds. The second-order valence-electron chi connectivity index (χ2n) is 3.90. The average molecular weight is 325 g/mol. The molecule has 0 saturated heterocycles. The van der Waals surface area contributed by atoms with Crippen molar-refractivity contribution < 1.29 is 4.79 Å². The zero-order valence-electron chi connectivity index (χ0n) is 10.7. The number of hydrogen-bond donors (Lipinski definition) is 2. The second kappa shape index (κ2) is 6.55. The Morgan fingerprint density at radius 2 is 1.89 bits per heavy atom. The van der Waals surface area contributed by atoms with E-state index in [1.165, 1.54) is 0 Å². The number of nitrogen functional groups attached to an aromatic ring is 1. The number of carbonyl (C=O) groups excluding carboxylic acids is 1. The summed E-state index contributed by atoms with van der Waals surface area (Å²) in [6, 6.07) is 5.23. The summed E-state index contributed by atoms with van der Waals surface area (Å²) in [5, 5.41) is 2.58. The molecule has 0 aliphatic heterocycles. The molecule has 7 heteroatoms. The third-order valence-electron chi connectivity index (χ3n) is 2.63. The largest absolute Gasteiger partial charge is 0.399 e. The first-order valence-electron chi connectivity index (χ1n) is 5.82. The summed E-state index contributed by atoms with van der Waals surface area (Å²) < 4.78 is -2.01. The average Bonchev–Trinajstić information content (AvgIpc) is 2.32. The maximum Gasteiger partial charge on any atom is 0.276 e. The van der Waals surface area contributed by atoms with Gasteiger partial charge in [0.05, 0.1) is 11.4 Å². The molecule has 0 heterocycles. The lowest BCUT2D eigenvalue weighted by Gasteiger charge is -2.25. The van der Waals surface area contributed by atoms with Crippen molar-refractivity contribution in [1.82, 2.24) is 0 Å². The molecule has 3 N–H and O–H groups in total. The Morgan fingerprint density at radius 3 is 2.37 bits per heavy atom. The van der Waals surface area contributed by atoms with Gasteiger partial charge in [0.15, 0.2) is 0 Å². The van der Waals surface area contributed by atoms with Gasteiger partial charge in [-0.05, 0) is 32.0 Å². The van der Waals surface area contributed by atoms with Crippen LogP contribution in [0.5, 0.6) is 0 Å². The summed E-state index contributed by atoms with van der Waals surface area (Å²) in [5.41, 5.74) is 7.61. The molecular weight excluding hydrogens is 309 g/mol. The van der Waals surface area contributed by atoms with Gasteiger partial charge in [-0.3, -0.25) is 4.79 Å². The number of benzene rings is 1. The third kappa shape index (κ3) is 4.34. The van der Waals surface area contributed by atoms with Gasteiger partial charge in [0.1, 0.15) is 0 Å². The molecule has 0 spiro atoms. The monoisotopic (exact) mass is 323 g/mol. The zero-order chi connectivity index (χ0) is 14.6. The van der Waals surface area contributed by atoms with Crippen LogP contribution in [-0.4, -0.2) is 22.8 Å². The smallest absolute Gasteiger partial charge is 0.276 e. The van der Waals surface area contributed by atoms with Crippen LogP contribution in [0.2, 0.25) is 0 Å². The minimum absolute atomic E-state index is 0.524. The van der Waals surface area contributed by atoms with Crippen LogP contribution < -0.4 is 16.0 Å². The van der Waals surface area contributed by atoms with E-state index in [1.54, 1.807) is 12.1 Å². The molecule has 0 saturated carbocycles. The van der Waals surface area contributed by atoms with Crippen LogP contribution >= 0.6 is 34.8 Å². The molecular formula is C12H16Cl3N3O. The Bertz CT molecular complexity index is 456. The zero-order valence-corrected chi connectivity index (χ0v) is 13.0. The van der Waals surface area contributed by atoms with Crippen molar-refractivity contribution in [2.75, 3.05) is 29.0 Å². The van der Waals surface area contributed by atoms with Gasteiger partial charge >= 0.3 is 0 Å². The van der Waals surface area contributed by atoms with Gasteiger partial charge in [-0.25, -0.2) is 0 Å². The van der Waals surface area contributed by atoms with E-state index in [2.05, 4.69) is 10.2 Å². The number of rotatable bonds is 4. The fourth-order valence-electron chi connectivity index (χ4n) is 1.69. The van der Waals surface area contributed by atoms with Gasteiger partial charge in [0.25, 0.3) is 9.70 Å². The molecule has 0 aliphatic carbocycles. The van der Waals surface area contributed by atoms with Crippen LogP contribution in [0, 0.1) is 0 Å². The van der Waals surface area contributed by atoms with Crippen LogP contribution in [-0.2, 0) is 4.79 Å². The predicted molar refractivity (Wildman–Crippen MR) is 83.3 cm³/mol. The van der Waals surface area contributed by atoms with Crippen LogP contribution in [0.25, 0.3) is 0 Å². The van der Waals surface area contributed by atoms with Crippen molar-refractivity contribution in [3.8, 4) is 0 Å². The molecule has 0 bridgehead atoms. The summed E-state index contributed by atoms with van der Waals surface area (Å²) >= 11 is 16.6. The van der Waals surface area contributed by atoms with Crippen molar-refractivity contribution in [3.05, 3.63) is 18.2 Å². The van der Waals surface area contributed by atoms with E-state index in [0.29, 0.717) is 11.4 Å². The standard InChI is InChI=1S/C12H16Cl3N3O/c1-3-18(4-2)10-6-5-8(16)7-9(10)17-11(19)12(13,14)15/h5-7H,3-4,16H2,1-2H3,(H,17,19). The topological polar surface area (TPSA) is 58.4 Å². The SMILES string of the molecule is CCN(CC)c1ccc(N)cc1NC(=O)C(Cl)(Cl)Cl. The van der Waals surface area contributed by atoms with Crippen molar-refractivity contribution in [3.63, 3.8) is 0 Å². The third-order valence-corrected chi connectivity index (χ3v) is 3.15. The first-order chi connectivity index (χ1) is 8.79. The van der Waals surface area contributed by atoms with E-state index in [0.717, 1.165) is 18.8 Å². The summed E-state index contributed by atoms with van der Waals surface area (Å²) in [7, 11) is 0. The lowest BCUT2D eigenvalue weighted by atomic mass is 10.2. The van der Waals surface area contributed by atoms with Crippen LogP contribution in [0.4, 0.5) is 17.1 Å². The number of hydrogen-bond acceptors (Lipinski definition) is 3. The summed E-state index contributed by atoms with van der Waals surface area (Å²) in [4.78, 5) is 13.8. The predicted octanol–water partition coefficient (Wildman–Crippen LogP) is 3.42. The number of amides is 1. The second-order valence-corrected chi connectivity index (χ2v) is 6.18. The summed E-state index contributed by atoms with van der Waals surface area (Å²) in [6.07, 6.45) is 0. The number of carbonyl (C=O) groups is 1. The first-order valence-corrected chi connectivity index (χ1v) is 6.95. The lowest BCUT2D eigenvalue weighted by molar-refractivity contribution is -0.115. The molecule has 0 atom stereocenters. The first kappa shape index (κ1) is 16.2. The Hall–Kier alpha value is -0.840. The van der Waals surface area contributed by atoms with E-state index in [9.17, 15) is 4.79 Å². The highest BCUT2D eigenvalue weighted by Crippen LogP contribution is 2.32. The van der Waals surface area contributed by atoms with Gasteiger partial charge in [-0.2, -0.15) is 0 Å². The fourth-order valence-corrected chi connectivity index (χ4v) is 1.83. The minimum atomic E-state index is -2.01. The van der Waals surface area contributed by atoms with Gasteiger partial charge in [-0.15, -0.1) is 0 Å². The molecule has 0 radical (unpaired) electrons. The quantitative estimate of drug-likeness (QED) is 0.659. The number of nitrogens with zero attached hydrogens (tertiary/aromatic N) is 1. The Labute approximate surface area is 127 Å². The van der Waals surface area contributed by atoms with E-state index >= 15 is 0 Å². The van der Waals surface area contributed by atoms with Crippen LogP contribution in [0.1, 0.15) is 13.8 Å². The van der Waals surface area contributed by atoms with Crippen molar-refractivity contribution >= 4 is 57.8 Å². The summed E-state index contributed by atoms with van der Waals surface area (Å²) in [5.74, 6) is -0.712.